The van der Waals surface area contributed by atoms with Gasteiger partial charge in [0, 0.05) is 6.42 Å². The number of hydrogen-bond acceptors (Lipinski definition) is 5. The maximum absolute atomic E-state index is 12.9. The van der Waals surface area contributed by atoms with Crippen molar-refractivity contribution >= 4 is 13.7 Å². The number of carbonyl (C=O) groups excluding carboxylic acids is 1. The second kappa shape index (κ2) is 46.3. The number of carbonyl (C=O) groups is 1. The molecule has 3 N–H and O–H groups in total. The number of quaternary nitrogens is 1. The molecule has 3 atom stereocenters. The molecule has 0 aromatic heterocycles. The van der Waals surface area contributed by atoms with Crippen LogP contribution in [0.4, 0.5) is 0 Å². The summed E-state index contributed by atoms with van der Waals surface area (Å²) < 4.78 is 23.5. The number of aliphatic hydroxyl groups is 1. The van der Waals surface area contributed by atoms with Crippen molar-refractivity contribution in [1.29, 1.82) is 0 Å². The van der Waals surface area contributed by atoms with Crippen LogP contribution in [-0.4, -0.2) is 73.4 Å². The molecule has 0 saturated carbocycles. The van der Waals surface area contributed by atoms with Gasteiger partial charge >= 0.3 is 7.82 Å². The van der Waals surface area contributed by atoms with E-state index in [1.54, 1.807) is 6.08 Å². The van der Waals surface area contributed by atoms with Crippen molar-refractivity contribution in [2.24, 2.45) is 0 Å². The SMILES string of the molecule is CC/C=C\C/C=C\C/C=C\C/C=C\CCCCCCCCCCCCCCCCCCCCCCC(=O)NC(COP(=O)(O)OCC[N+](C)(C)C)C(O)/C=C/CCCCCCCCC. The predicted octanol–water partition coefficient (Wildman–Crippen LogP) is 15.8. The minimum absolute atomic E-state index is 0.0612. The molecule has 0 spiro atoms. The number of likely N-dealkylation sites (N-methyl/N-ethyl adjacent to an activating group) is 1. The first-order valence-electron chi connectivity index (χ1n) is 26.7. The molecule has 8 nitrogen and oxygen atoms in total. The molecule has 374 valence electrons. The lowest BCUT2D eigenvalue weighted by Crippen LogP contribution is -2.45. The molecular weight excluding hydrogens is 816 g/mol. The molecule has 0 radical (unpaired) electrons. The molecule has 9 heteroatoms. The number of allylic oxidation sites excluding steroid dienone is 9. The highest BCUT2D eigenvalue weighted by Gasteiger charge is 2.27. The summed E-state index contributed by atoms with van der Waals surface area (Å²) in [5, 5.41) is 13.8. The third-order valence-corrected chi connectivity index (χ3v) is 12.7. The van der Waals surface area contributed by atoms with Gasteiger partial charge in [-0.25, -0.2) is 4.57 Å². The number of amides is 1. The molecule has 0 aliphatic carbocycles. The Morgan fingerprint density at radius 3 is 1.38 bits per heavy atom. The third-order valence-electron chi connectivity index (χ3n) is 11.7. The maximum Gasteiger partial charge on any atom is 0.472 e. The van der Waals surface area contributed by atoms with Gasteiger partial charge < -0.3 is 19.8 Å². The first-order valence-corrected chi connectivity index (χ1v) is 28.2. The molecule has 0 saturated heterocycles. The molecular formula is C55H104N2O6P+. The Morgan fingerprint density at radius 2 is 0.938 bits per heavy atom. The van der Waals surface area contributed by atoms with Gasteiger partial charge in [0.25, 0.3) is 0 Å². The Bertz CT molecular complexity index is 1230. The van der Waals surface area contributed by atoms with E-state index >= 15 is 0 Å². The zero-order chi connectivity index (χ0) is 47.1. The summed E-state index contributed by atoms with van der Waals surface area (Å²) in [5.41, 5.74) is 0. The number of phosphoric acid groups is 1. The fraction of sp³-hybridized carbons (Fsp3) is 0.800. The number of unbranched alkanes of at least 4 members (excludes halogenated alkanes) is 27. The van der Waals surface area contributed by atoms with Gasteiger partial charge in [0.1, 0.15) is 13.2 Å². The molecule has 64 heavy (non-hydrogen) atoms. The van der Waals surface area contributed by atoms with Crippen molar-refractivity contribution in [3.63, 3.8) is 0 Å². The largest absolute Gasteiger partial charge is 0.472 e. The van der Waals surface area contributed by atoms with Crippen LogP contribution in [0.5, 0.6) is 0 Å². The molecule has 0 bridgehead atoms. The van der Waals surface area contributed by atoms with E-state index in [4.69, 9.17) is 9.05 Å². The summed E-state index contributed by atoms with van der Waals surface area (Å²) in [6.07, 6.45) is 61.9. The van der Waals surface area contributed by atoms with Crippen LogP contribution in [0.25, 0.3) is 0 Å². The van der Waals surface area contributed by atoms with Crippen LogP contribution in [0.3, 0.4) is 0 Å². The summed E-state index contributed by atoms with van der Waals surface area (Å²) in [6.45, 7) is 4.67. The lowest BCUT2D eigenvalue weighted by Gasteiger charge is -2.25. The summed E-state index contributed by atoms with van der Waals surface area (Å²) in [6, 6.07) is -0.844. The van der Waals surface area contributed by atoms with Gasteiger partial charge in [-0.1, -0.05) is 229 Å². The Morgan fingerprint density at radius 1 is 0.547 bits per heavy atom. The van der Waals surface area contributed by atoms with Crippen LogP contribution in [0.15, 0.2) is 60.8 Å². The second-order valence-electron chi connectivity index (χ2n) is 19.2. The number of aliphatic hydroxyl groups excluding tert-OH is 1. The van der Waals surface area contributed by atoms with E-state index in [0.29, 0.717) is 17.4 Å². The average molecular weight is 920 g/mol. The number of phosphoric ester groups is 1. The Hall–Kier alpha value is -1.80. The average Bonchev–Trinajstić information content (AvgIpc) is 3.25. The molecule has 0 rings (SSSR count). The Balaban J connectivity index is 3.94. The standard InChI is InChI=1S/C55H103N2O6P/c1-6-8-10-12-14-16-17-18-19-20-21-22-23-24-25-26-27-28-29-30-31-32-33-34-35-36-37-38-39-41-43-45-47-49-55(59)56-53(52-63-64(60,61)62-51-50-57(3,4)5)54(58)48-46-44-42-40-15-13-11-9-7-2/h8,10,14,16,18-19,21-22,46,48,53-54,58H,6-7,9,11-13,15,17,20,23-45,47,49-52H2,1-5H3,(H-,56,59,60,61)/p+1/b10-8-,16-14-,19-18-,22-21-,48-46+. The van der Waals surface area contributed by atoms with Crippen molar-refractivity contribution in [1.82, 2.24) is 5.32 Å². The summed E-state index contributed by atoms with van der Waals surface area (Å²) in [7, 11) is 1.57. The lowest BCUT2D eigenvalue weighted by atomic mass is 10.0. The fourth-order valence-corrected chi connectivity index (χ4v) is 8.30. The highest BCUT2D eigenvalue weighted by atomic mass is 31.2. The van der Waals surface area contributed by atoms with Gasteiger partial charge in [0.05, 0.1) is 39.9 Å². The van der Waals surface area contributed by atoms with E-state index < -0.39 is 20.0 Å². The van der Waals surface area contributed by atoms with Gasteiger partial charge in [0.2, 0.25) is 5.91 Å². The third kappa shape index (κ3) is 48.1. The van der Waals surface area contributed by atoms with E-state index in [1.807, 2.05) is 27.2 Å². The van der Waals surface area contributed by atoms with Crippen molar-refractivity contribution in [2.75, 3.05) is 40.9 Å². The quantitative estimate of drug-likeness (QED) is 0.0243. The van der Waals surface area contributed by atoms with Crippen molar-refractivity contribution in [3.05, 3.63) is 60.8 Å². The van der Waals surface area contributed by atoms with Crippen LogP contribution in [0, 0.1) is 0 Å². The Kier molecular flexibility index (Phi) is 45.0. The zero-order valence-electron chi connectivity index (χ0n) is 42.5. The van der Waals surface area contributed by atoms with Gasteiger partial charge in [-0.3, -0.25) is 13.8 Å². The van der Waals surface area contributed by atoms with Crippen molar-refractivity contribution in [2.45, 2.75) is 244 Å². The molecule has 0 aliphatic heterocycles. The van der Waals surface area contributed by atoms with Crippen LogP contribution >= 0.6 is 7.82 Å². The summed E-state index contributed by atoms with van der Waals surface area (Å²) in [5.74, 6) is -0.178. The fourth-order valence-electron chi connectivity index (χ4n) is 7.56. The minimum Gasteiger partial charge on any atom is -0.387 e. The van der Waals surface area contributed by atoms with Crippen molar-refractivity contribution < 1.29 is 32.9 Å². The monoisotopic (exact) mass is 920 g/mol. The summed E-state index contributed by atoms with van der Waals surface area (Å²) >= 11 is 0. The molecule has 3 unspecified atom stereocenters. The smallest absolute Gasteiger partial charge is 0.387 e. The molecule has 0 fully saturated rings. The summed E-state index contributed by atoms with van der Waals surface area (Å²) in [4.78, 5) is 23.1. The number of nitrogens with zero attached hydrogens (tertiary/aromatic N) is 1. The second-order valence-corrected chi connectivity index (χ2v) is 20.7. The molecule has 0 aliphatic rings. The topological polar surface area (TPSA) is 105 Å². The van der Waals surface area contributed by atoms with Gasteiger partial charge in [-0.15, -0.1) is 0 Å². The number of hydrogen-bond donors (Lipinski definition) is 3. The molecule has 0 heterocycles. The van der Waals surface area contributed by atoms with E-state index in [2.05, 4.69) is 67.8 Å². The van der Waals surface area contributed by atoms with Crippen molar-refractivity contribution in [3.8, 4) is 0 Å². The minimum atomic E-state index is -4.33. The Labute approximate surface area is 396 Å². The van der Waals surface area contributed by atoms with Gasteiger partial charge in [-0.2, -0.15) is 0 Å². The molecule has 0 aromatic carbocycles. The van der Waals surface area contributed by atoms with Crippen LogP contribution in [0.2, 0.25) is 0 Å². The first-order chi connectivity index (χ1) is 31.0. The zero-order valence-corrected chi connectivity index (χ0v) is 43.4. The van der Waals surface area contributed by atoms with E-state index in [0.717, 1.165) is 64.2 Å². The predicted molar refractivity (Wildman–Crippen MR) is 277 cm³/mol. The van der Waals surface area contributed by atoms with E-state index in [1.165, 1.54) is 148 Å². The number of nitrogens with one attached hydrogen (secondary N) is 1. The van der Waals surface area contributed by atoms with Crippen LogP contribution in [0.1, 0.15) is 232 Å². The first kappa shape index (κ1) is 62.2. The van der Waals surface area contributed by atoms with Crippen LogP contribution < -0.4 is 5.32 Å². The highest BCUT2D eigenvalue weighted by molar-refractivity contribution is 7.47. The maximum atomic E-state index is 12.9. The van der Waals surface area contributed by atoms with Gasteiger partial charge in [-0.05, 0) is 57.8 Å². The molecule has 0 aromatic rings. The highest BCUT2D eigenvalue weighted by Crippen LogP contribution is 2.43. The van der Waals surface area contributed by atoms with E-state index in [9.17, 15) is 19.4 Å². The van der Waals surface area contributed by atoms with E-state index in [-0.39, 0.29) is 19.1 Å². The normalized spacial score (nSPS) is 14.5. The van der Waals surface area contributed by atoms with Crippen LogP contribution in [-0.2, 0) is 18.4 Å². The molecule has 1 amide bonds. The van der Waals surface area contributed by atoms with Gasteiger partial charge in [0.15, 0.2) is 0 Å². The lowest BCUT2D eigenvalue weighted by molar-refractivity contribution is -0.870. The number of rotatable bonds is 48.